The molecule has 0 radical (unpaired) electrons. The first-order valence-electron chi connectivity index (χ1n) is 8.66. The largest absolute Gasteiger partial charge is 0.299 e. The van der Waals surface area contributed by atoms with E-state index in [0.29, 0.717) is 5.41 Å². The van der Waals surface area contributed by atoms with E-state index in [2.05, 4.69) is 54.7 Å². The van der Waals surface area contributed by atoms with Crippen LogP contribution in [0.5, 0.6) is 0 Å². The van der Waals surface area contributed by atoms with Gasteiger partial charge in [0.2, 0.25) is 0 Å². The van der Waals surface area contributed by atoms with Crippen molar-refractivity contribution in [2.24, 2.45) is 11.3 Å². The third-order valence-electron chi connectivity index (χ3n) is 5.04. The van der Waals surface area contributed by atoms with E-state index in [-0.39, 0.29) is 6.04 Å². The number of hydrogen-bond donors (Lipinski definition) is 1. The fraction of sp³-hybridized carbons (Fsp3) is 0.684. The lowest BCUT2D eigenvalue weighted by atomic mass is 9.75. The van der Waals surface area contributed by atoms with Crippen LogP contribution in [0.15, 0.2) is 24.3 Å². The predicted octanol–water partition coefficient (Wildman–Crippen LogP) is 3.89. The summed E-state index contributed by atoms with van der Waals surface area (Å²) in [7, 11) is -0.976. The van der Waals surface area contributed by atoms with Crippen LogP contribution < -0.4 is 4.72 Å². The maximum atomic E-state index is 11.2. The van der Waals surface area contributed by atoms with E-state index in [1.54, 1.807) is 6.26 Å². The van der Waals surface area contributed by atoms with Crippen molar-refractivity contribution in [3.8, 4) is 0 Å². The van der Waals surface area contributed by atoms with Crippen molar-refractivity contribution in [3.05, 3.63) is 35.4 Å². The van der Waals surface area contributed by atoms with Crippen LogP contribution in [0.4, 0.5) is 0 Å². The average molecular weight is 337 g/mol. The predicted molar refractivity (Wildman–Crippen MR) is 99.5 cm³/mol. The smallest absolute Gasteiger partial charge is 0.0889 e. The van der Waals surface area contributed by atoms with Crippen molar-refractivity contribution in [3.63, 3.8) is 0 Å². The minimum absolute atomic E-state index is 0.123. The number of nitrogens with zero attached hydrogens (tertiary/aromatic N) is 1. The van der Waals surface area contributed by atoms with Crippen molar-refractivity contribution in [2.45, 2.75) is 53.1 Å². The summed E-state index contributed by atoms with van der Waals surface area (Å²) >= 11 is 0. The molecule has 1 aromatic carbocycles. The lowest BCUT2D eigenvalue weighted by Crippen LogP contribution is -2.37. The number of likely N-dealkylation sites (tertiary alicyclic amines) is 1. The Morgan fingerprint density at radius 2 is 1.78 bits per heavy atom. The Labute approximate surface area is 144 Å². The van der Waals surface area contributed by atoms with Gasteiger partial charge in [0.25, 0.3) is 0 Å². The lowest BCUT2D eigenvalue weighted by Gasteiger charge is -2.38. The van der Waals surface area contributed by atoms with Crippen molar-refractivity contribution in [2.75, 3.05) is 19.3 Å². The number of nitrogens with one attached hydrogen (secondary N) is 1. The van der Waals surface area contributed by atoms with E-state index >= 15 is 0 Å². The SMILES string of the molecule is C[C@@H](NS(C)=O)c1ccc(CN2CCC(C(C)(C)C)CC2)cc1. The zero-order valence-corrected chi connectivity index (χ0v) is 16.1. The maximum absolute atomic E-state index is 11.2. The van der Waals surface area contributed by atoms with Crippen molar-refractivity contribution >= 4 is 11.0 Å². The molecule has 0 spiro atoms. The molecule has 1 heterocycles. The molecular formula is C19H32N2OS. The molecule has 4 heteroatoms. The van der Waals surface area contributed by atoms with Gasteiger partial charge in [-0.05, 0) is 55.3 Å². The molecular weight excluding hydrogens is 304 g/mol. The molecule has 1 aliphatic rings. The third kappa shape index (κ3) is 5.70. The Bertz CT molecular complexity index is 513. The molecule has 0 saturated carbocycles. The van der Waals surface area contributed by atoms with Crippen LogP contribution in [0.25, 0.3) is 0 Å². The van der Waals surface area contributed by atoms with Crippen LogP contribution in [-0.2, 0) is 17.5 Å². The summed E-state index contributed by atoms with van der Waals surface area (Å²) in [6, 6.07) is 8.85. The molecule has 0 aliphatic carbocycles. The molecule has 1 saturated heterocycles. The Balaban J connectivity index is 1.86. The van der Waals surface area contributed by atoms with E-state index in [4.69, 9.17) is 0 Å². The number of hydrogen-bond acceptors (Lipinski definition) is 2. The monoisotopic (exact) mass is 336 g/mol. The molecule has 130 valence electrons. The van der Waals surface area contributed by atoms with Crippen molar-refractivity contribution in [1.29, 1.82) is 0 Å². The van der Waals surface area contributed by atoms with Gasteiger partial charge in [0, 0.05) is 18.8 Å². The van der Waals surface area contributed by atoms with E-state index in [0.717, 1.165) is 12.5 Å². The van der Waals surface area contributed by atoms with Crippen LogP contribution in [0, 0.1) is 11.3 Å². The molecule has 1 aromatic rings. The Morgan fingerprint density at radius 1 is 1.22 bits per heavy atom. The molecule has 0 bridgehead atoms. The summed E-state index contributed by atoms with van der Waals surface area (Å²) in [6.07, 6.45) is 4.29. The van der Waals surface area contributed by atoms with E-state index < -0.39 is 11.0 Å². The Kier molecular flexibility index (Phi) is 6.40. The standard InChI is InChI=1S/C19H32N2OS/c1-15(20-23(5)22)17-8-6-16(7-9-17)14-21-12-10-18(11-13-21)19(2,3)4/h6-9,15,18,20H,10-14H2,1-5H3/t15-,23?/m1/s1. The van der Waals surface area contributed by atoms with Crippen LogP contribution in [0.1, 0.15) is 57.7 Å². The molecule has 2 atom stereocenters. The highest BCUT2D eigenvalue weighted by Crippen LogP contribution is 2.34. The fourth-order valence-electron chi connectivity index (χ4n) is 3.44. The van der Waals surface area contributed by atoms with Crippen LogP contribution in [0.3, 0.4) is 0 Å². The third-order valence-corrected chi connectivity index (χ3v) is 5.73. The van der Waals surface area contributed by atoms with Crippen LogP contribution in [0.2, 0.25) is 0 Å². The van der Waals surface area contributed by atoms with Gasteiger partial charge in [-0.25, -0.2) is 8.93 Å². The number of benzene rings is 1. The minimum atomic E-state index is -0.976. The quantitative estimate of drug-likeness (QED) is 0.885. The first-order chi connectivity index (χ1) is 10.8. The summed E-state index contributed by atoms with van der Waals surface area (Å²) in [5.74, 6) is 0.850. The van der Waals surface area contributed by atoms with E-state index in [1.807, 2.05) is 6.92 Å². The molecule has 0 amide bonds. The van der Waals surface area contributed by atoms with Gasteiger partial charge in [0.05, 0.1) is 11.0 Å². The summed E-state index contributed by atoms with van der Waals surface area (Å²) in [6.45, 7) is 12.6. The fourth-order valence-corrected chi connectivity index (χ4v) is 4.08. The average Bonchev–Trinajstić information content (AvgIpc) is 2.47. The van der Waals surface area contributed by atoms with Crippen LogP contribution in [-0.4, -0.2) is 28.5 Å². The normalized spacial score (nSPS) is 20.4. The highest BCUT2D eigenvalue weighted by atomic mass is 32.2. The van der Waals surface area contributed by atoms with E-state index in [1.165, 1.54) is 37.1 Å². The van der Waals surface area contributed by atoms with Gasteiger partial charge in [0.1, 0.15) is 0 Å². The number of piperidine rings is 1. The molecule has 1 aliphatic heterocycles. The Morgan fingerprint density at radius 3 is 2.26 bits per heavy atom. The minimum Gasteiger partial charge on any atom is -0.299 e. The zero-order valence-electron chi connectivity index (χ0n) is 15.3. The second kappa shape index (κ2) is 7.91. The molecule has 1 fully saturated rings. The van der Waals surface area contributed by atoms with Gasteiger partial charge in [-0.3, -0.25) is 4.90 Å². The highest BCUT2D eigenvalue weighted by Gasteiger charge is 2.28. The van der Waals surface area contributed by atoms with Gasteiger partial charge in [-0.15, -0.1) is 0 Å². The molecule has 23 heavy (non-hydrogen) atoms. The van der Waals surface area contributed by atoms with Crippen molar-refractivity contribution in [1.82, 2.24) is 9.62 Å². The Hall–Kier alpha value is -0.710. The summed E-state index contributed by atoms with van der Waals surface area (Å²) in [5, 5.41) is 0. The lowest BCUT2D eigenvalue weighted by molar-refractivity contribution is 0.108. The summed E-state index contributed by atoms with van der Waals surface area (Å²) < 4.78 is 14.3. The molecule has 3 nitrogen and oxygen atoms in total. The second-order valence-corrected chi connectivity index (χ2v) is 9.10. The molecule has 1 N–H and O–H groups in total. The molecule has 0 aromatic heterocycles. The highest BCUT2D eigenvalue weighted by molar-refractivity contribution is 7.82. The summed E-state index contributed by atoms with van der Waals surface area (Å²) in [5.41, 5.74) is 3.00. The van der Waals surface area contributed by atoms with Crippen LogP contribution >= 0.6 is 0 Å². The van der Waals surface area contributed by atoms with Gasteiger partial charge in [-0.2, -0.15) is 0 Å². The van der Waals surface area contributed by atoms with E-state index in [9.17, 15) is 4.21 Å². The molecule has 1 unspecified atom stereocenters. The van der Waals surface area contributed by atoms with Gasteiger partial charge in [0.15, 0.2) is 0 Å². The molecule has 2 rings (SSSR count). The number of rotatable bonds is 5. The first kappa shape index (κ1) is 18.6. The van der Waals surface area contributed by atoms with Gasteiger partial charge < -0.3 is 0 Å². The topological polar surface area (TPSA) is 32.3 Å². The summed E-state index contributed by atoms with van der Waals surface area (Å²) in [4.78, 5) is 2.57. The van der Waals surface area contributed by atoms with Gasteiger partial charge in [-0.1, -0.05) is 45.0 Å². The second-order valence-electron chi connectivity index (χ2n) is 7.95. The maximum Gasteiger partial charge on any atom is 0.0889 e. The first-order valence-corrected chi connectivity index (χ1v) is 10.2. The van der Waals surface area contributed by atoms with Gasteiger partial charge >= 0.3 is 0 Å². The van der Waals surface area contributed by atoms with Crippen molar-refractivity contribution < 1.29 is 4.21 Å². The zero-order chi connectivity index (χ0) is 17.0.